The van der Waals surface area contributed by atoms with Crippen molar-refractivity contribution in [1.82, 2.24) is 4.98 Å². The zero-order chi connectivity index (χ0) is 10.1. The molecule has 14 heavy (non-hydrogen) atoms. The van der Waals surface area contributed by atoms with Crippen LogP contribution in [-0.2, 0) is 6.42 Å². The largest absolute Gasteiger partial charge is 0.246 e. The Kier molecular flexibility index (Phi) is 3.27. The van der Waals surface area contributed by atoms with E-state index in [0.29, 0.717) is 0 Å². The first-order valence-electron chi connectivity index (χ1n) is 5.24. The maximum absolute atomic E-state index is 4.61. The van der Waals surface area contributed by atoms with Crippen molar-refractivity contribution in [3.05, 3.63) is 15.6 Å². The van der Waals surface area contributed by atoms with E-state index in [0.717, 1.165) is 10.7 Å². The fourth-order valence-corrected chi connectivity index (χ4v) is 3.87. The number of aryl methyl sites for hydroxylation is 2. The average Bonchev–Trinajstić information content (AvgIpc) is 2.63. The van der Waals surface area contributed by atoms with Crippen molar-refractivity contribution in [2.75, 3.05) is 0 Å². The highest BCUT2D eigenvalue weighted by Gasteiger charge is 2.25. The van der Waals surface area contributed by atoms with Gasteiger partial charge in [-0.3, -0.25) is 0 Å². The molecule has 1 saturated carbocycles. The summed E-state index contributed by atoms with van der Waals surface area (Å²) in [6.45, 7) is 4.27. The molecular weight excluding hydrogens is 258 g/mol. The van der Waals surface area contributed by atoms with Crippen molar-refractivity contribution in [3.63, 3.8) is 0 Å². The van der Waals surface area contributed by atoms with Gasteiger partial charge in [0.15, 0.2) is 0 Å². The minimum atomic E-state index is 0.729. The van der Waals surface area contributed by atoms with Crippen molar-refractivity contribution in [2.45, 2.75) is 44.4 Å². The number of halogens is 1. The molecule has 0 aromatic carbocycles. The van der Waals surface area contributed by atoms with Gasteiger partial charge < -0.3 is 0 Å². The maximum Gasteiger partial charge on any atom is 0.0934 e. The first kappa shape index (κ1) is 10.6. The number of alkyl halides is 1. The van der Waals surface area contributed by atoms with Gasteiger partial charge in [0.2, 0.25) is 0 Å². The van der Waals surface area contributed by atoms with Crippen LogP contribution in [0.4, 0.5) is 0 Å². The van der Waals surface area contributed by atoms with Gasteiger partial charge in [0, 0.05) is 16.1 Å². The molecule has 2 rings (SSSR count). The number of hydrogen-bond acceptors (Lipinski definition) is 2. The van der Waals surface area contributed by atoms with E-state index in [4.69, 9.17) is 0 Å². The number of hydrogen-bond donors (Lipinski definition) is 0. The Hall–Kier alpha value is 0.110. The molecule has 2 atom stereocenters. The van der Waals surface area contributed by atoms with Crippen LogP contribution < -0.4 is 0 Å². The van der Waals surface area contributed by atoms with E-state index < -0.39 is 0 Å². The summed E-state index contributed by atoms with van der Waals surface area (Å²) in [5.41, 5.74) is 1.22. The molecule has 0 amide bonds. The lowest BCUT2D eigenvalue weighted by Gasteiger charge is -2.11. The summed E-state index contributed by atoms with van der Waals surface area (Å²) in [6, 6.07) is 0. The van der Waals surface area contributed by atoms with Gasteiger partial charge in [-0.25, -0.2) is 4.98 Å². The predicted molar refractivity (Wildman–Crippen MR) is 65.3 cm³/mol. The summed E-state index contributed by atoms with van der Waals surface area (Å²) in [5, 5.41) is 1.33. The highest BCUT2D eigenvalue weighted by atomic mass is 79.9. The van der Waals surface area contributed by atoms with Gasteiger partial charge >= 0.3 is 0 Å². The summed E-state index contributed by atoms with van der Waals surface area (Å²) in [4.78, 5) is 6.71. The molecule has 3 heteroatoms. The number of thiazole rings is 1. The third-order valence-corrected chi connectivity index (χ3v) is 5.38. The third kappa shape index (κ3) is 2.19. The molecule has 1 heterocycles. The second-order valence-electron chi connectivity index (χ2n) is 4.16. The maximum atomic E-state index is 4.61. The molecule has 2 unspecified atom stereocenters. The first-order valence-corrected chi connectivity index (χ1v) is 6.97. The third-order valence-electron chi connectivity index (χ3n) is 3.08. The molecule has 1 aromatic rings. The van der Waals surface area contributed by atoms with E-state index in [1.54, 1.807) is 0 Å². The summed E-state index contributed by atoms with van der Waals surface area (Å²) in [5.74, 6) is 0.819. The molecule has 0 radical (unpaired) electrons. The molecule has 0 spiro atoms. The Morgan fingerprint density at radius 1 is 1.43 bits per heavy atom. The van der Waals surface area contributed by atoms with Crippen molar-refractivity contribution >= 4 is 27.3 Å². The minimum Gasteiger partial charge on any atom is -0.246 e. The van der Waals surface area contributed by atoms with Crippen LogP contribution in [0.1, 0.15) is 34.8 Å². The Labute approximate surface area is 98.1 Å². The topological polar surface area (TPSA) is 12.9 Å². The van der Waals surface area contributed by atoms with Crippen molar-refractivity contribution in [1.29, 1.82) is 0 Å². The first-order chi connectivity index (χ1) is 6.66. The van der Waals surface area contributed by atoms with Crippen molar-refractivity contribution < 1.29 is 0 Å². The second-order valence-corrected chi connectivity index (χ2v) is 6.62. The lowest BCUT2D eigenvalue weighted by molar-refractivity contribution is 0.560. The summed E-state index contributed by atoms with van der Waals surface area (Å²) >= 11 is 5.64. The molecule has 1 aliphatic rings. The molecule has 1 aromatic heterocycles. The predicted octanol–water partition coefficient (Wildman–Crippen LogP) is 3.87. The zero-order valence-electron chi connectivity index (χ0n) is 8.72. The van der Waals surface area contributed by atoms with Gasteiger partial charge in [-0.15, -0.1) is 11.3 Å². The van der Waals surface area contributed by atoms with Crippen LogP contribution in [0.5, 0.6) is 0 Å². The van der Waals surface area contributed by atoms with E-state index >= 15 is 0 Å². The summed E-state index contributed by atoms with van der Waals surface area (Å²) in [6.07, 6.45) is 5.26. The zero-order valence-corrected chi connectivity index (χ0v) is 11.1. The van der Waals surface area contributed by atoms with Crippen LogP contribution in [0, 0.1) is 19.8 Å². The van der Waals surface area contributed by atoms with Gasteiger partial charge in [-0.05, 0) is 32.6 Å². The normalized spacial score (nSPS) is 27.1. The quantitative estimate of drug-likeness (QED) is 0.746. The number of nitrogens with zero attached hydrogens (tertiary/aromatic N) is 1. The Balaban J connectivity index is 2.03. The van der Waals surface area contributed by atoms with E-state index in [2.05, 4.69) is 34.8 Å². The highest BCUT2D eigenvalue weighted by Crippen LogP contribution is 2.34. The van der Waals surface area contributed by atoms with E-state index in [1.807, 2.05) is 11.3 Å². The monoisotopic (exact) mass is 273 g/mol. The van der Waals surface area contributed by atoms with Gasteiger partial charge in [-0.1, -0.05) is 22.4 Å². The molecule has 1 nitrogen and oxygen atoms in total. The minimum absolute atomic E-state index is 0.729. The van der Waals surface area contributed by atoms with Gasteiger partial charge in [0.1, 0.15) is 0 Å². The summed E-state index contributed by atoms with van der Waals surface area (Å²) < 4.78 is 0. The van der Waals surface area contributed by atoms with E-state index in [9.17, 15) is 0 Å². The number of rotatable bonds is 2. The van der Waals surface area contributed by atoms with Crippen LogP contribution in [0.25, 0.3) is 0 Å². The molecule has 0 bridgehead atoms. The van der Waals surface area contributed by atoms with Crippen molar-refractivity contribution in [3.8, 4) is 0 Å². The Bertz CT molecular complexity index is 302. The average molecular weight is 274 g/mol. The second kappa shape index (κ2) is 4.31. The Morgan fingerprint density at radius 2 is 2.21 bits per heavy atom. The molecule has 1 aliphatic carbocycles. The van der Waals surface area contributed by atoms with E-state index in [1.165, 1.54) is 41.3 Å². The molecule has 78 valence electrons. The van der Waals surface area contributed by atoms with Gasteiger partial charge in [0.25, 0.3) is 0 Å². The molecule has 0 saturated heterocycles. The van der Waals surface area contributed by atoms with Crippen LogP contribution in [-0.4, -0.2) is 9.81 Å². The standard InChI is InChI=1S/C11H16BrNS/c1-7-8(2)14-11(13-7)6-9-4-3-5-10(9)12/h9-10H,3-6H2,1-2H3. The van der Waals surface area contributed by atoms with Crippen LogP contribution >= 0.6 is 27.3 Å². The van der Waals surface area contributed by atoms with Gasteiger partial charge in [0.05, 0.1) is 10.7 Å². The van der Waals surface area contributed by atoms with Crippen LogP contribution in [0.2, 0.25) is 0 Å². The highest BCUT2D eigenvalue weighted by molar-refractivity contribution is 9.09. The summed E-state index contributed by atoms with van der Waals surface area (Å²) in [7, 11) is 0. The fraction of sp³-hybridized carbons (Fsp3) is 0.727. The lowest BCUT2D eigenvalue weighted by Crippen LogP contribution is -2.09. The fourth-order valence-electron chi connectivity index (χ4n) is 2.07. The SMILES string of the molecule is Cc1nc(CC2CCCC2Br)sc1C. The molecular formula is C11H16BrNS. The number of aromatic nitrogens is 1. The Morgan fingerprint density at radius 3 is 2.71 bits per heavy atom. The smallest absolute Gasteiger partial charge is 0.0934 e. The van der Waals surface area contributed by atoms with E-state index in [-0.39, 0.29) is 0 Å². The molecule has 0 N–H and O–H groups in total. The van der Waals surface area contributed by atoms with Crippen molar-refractivity contribution in [2.24, 2.45) is 5.92 Å². The molecule has 1 fully saturated rings. The van der Waals surface area contributed by atoms with Crippen LogP contribution in [0.15, 0.2) is 0 Å². The molecule has 0 aliphatic heterocycles. The van der Waals surface area contributed by atoms with Crippen LogP contribution in [0.3, 0.4) is 0 Å². The lowest BCUT2D eigenvalue weighted by atomic mass is 10.1. The van der Waals surface area contributed by atoms with Gasteiger partial charge in [-0.2, -0.15) is 0 Å².